The Morgan fingerprint density at radius 2 is 0.958 bits per heavy atom. The first kappa shape index (κ1) is 37.8. The summed E-state index contributed by atoms with van der Waals surface area (Å²) in [5, 5.41) is 52.4. The number of nitro groups is 2. The van der Waals surface area contributed by atoms with E-state index < -0.39 is 21.7 Å². The van der Waals surface area contributed by atoms with Crippen molar-refractivity contribution in [1.29, 1.82) is 0 Å². The molecule has 0 aromatic heterocycles. The van der Waals surface area contributed by atoms with Gasteiger partial charge in [-0.05, 0) is 48.5 Å². The molecule has 14 nitrogen and oxygen atoms in total. The minimum Gasteiger partial charge on any atom is -0.507 e. The van der Waals surface area contributed by atoms with Gasteiger partial charge in [0, 0.05) is 60.5 Å². The molecule has 6 N–H and O–H groups in total. The van der Waals surface area contributed by atoms with Crippen molar-refractivity contribution >= 4 is 81.0 Å². The third kappa shape index (κ3) is 11.2. The largest absolute Gasteiger partial charge is 0.507 e. The minimum atomic E-state index is -0.634. The van der Waals surface area contributed by atoms with Gasteiger partial charge in [0.15, 0.2) is 0 Å². The van der Waals surface area contributed by atoms with Gasteiger partial charge in [-0.25, -0.2) is 0 Å². The smallest absolute Gasteiger partial charge is 0.271 e. The lowest BCUT2D eigenvalue weighted by molar-refractivity contribution is -0.385. The Bertz CT molecular complexity index is 1690. The van der Waals surface area contributed by atoms with Gasteiger partial charge in [0.25, 0.3) is 23.2 Å². The van der Waals surface area contributed by atoms with Gasteiger partial charge < -0.3 is 31.5 Å². The number of nitro benzene ring substituents is 2. The van der Waals surface area contributed by atoms with E-state index in [0.717, 1.165) is 38.3 Å². The number of nitrogens with zero attached hydrogens (tertiary/aromatic N) is 2. The number of carbonyl (C=O) groups excluding carboxylic acids is 2. The highest BCUT2D eigenvalue weighted by molar-refractivity contribution is 6.35. The first-order chi connectivity index (χ1) is 22.8. The van der Waals surface area contributed by atoms with E-state index in [0.29, 0.717) is 0 Å². The van der Waals surface area contributed by atoms with Crippen LogP contribution in [0.25, 0.3) is 0 Å². The van der Waals surface area contributed by atoms with E-state index in [1.165, 1.54) is 60.7 Å². The van der Waals surface area contributed by atoms with Gasteiger partial charge in [-0.1, -0.05) is 46.4 Å². The molecule has 18 heteroatoms. The number of benzene rings is 4. The predicted molar refractivity (Wildman–Crippen MR) is 184 cm³/mol. The SMILES string of the molecule is C1CNCCN1.O=C(Nc1ccc([N+](=O)[O-])cc1Cl)c1cc(Cl)ccc1O.O=C(Nc1ccc([N+](=O)[O-])cc1Cl)c1cc(Cl)ccc1O. The molecule has 0 saturated carbocycles. The number of rotatable bonds is 6. The van der Waals surface area contributed by atoms with Gasteiger partial charge in [-0.3, -0.25) is 29.8 Å². The monoisotopic (exact) mass is 738 g/mol. The van der Waals surface area contributed by atoms with E-state index >= 15 is 0 Å². The molecule has 0 spiro atoms. The van der Waals surface area contributed by atoms with Crippen LogP contribution in [0.5, 0.6) is 11.5 Å². The molecule has 5 rings (SSSR count). The van der Waals surface area contributed by atoms with Crippen molar-refractivity contribution in [1.82, 2.24) is 10.6 Å². The number of hydrogen-bond acceptors (Lipinski definition) is 10. The Morgan fingerprint density at radius 1 is 0.604 bits per heavy atom. The van der Waals surface area contributed by atoms with Crippen LogP contribution in [0.15, 0.2) is 72.8 Å². The van der Waals surface area contributed by atoms with Crippen LogP contribution >= 0.6 is 46.4 Å². The molecule has 0 atom stereocenters. The van der Waals surface area contributed by atoms with Crippen LogP contribution in [0.4, 0.5) is 22.7 Å². The van der Waals surface area contributed by atoms with Crippen molar-refractivity contribution in [2.24, 2.45) is 0 Å². The Balaban J connectivity index is 0.000000222. The quantitative estimate of drug-likeness (QED) is 0.0890. The first-order valence-electron chi connectivity index (χ1n) is 13.7. The second kappa shape index (κ2) is 18.0. The number of halogens is 4. The number of phenolic OH excluding ortho intramolecular Hbond substituents is 2. The fourth-order valence-corrected chi connectivity index (χ4v) is 4.59. The molecule has 1 aliphatic heterocycles. The zero-order chi connectivity index (χ0) is 35.4. The van der Waals surface area contributed by atoms with Crippen LogP contribution in [0.3, 0.4) is 0 Å². The molecule has 0 unspecified atom stereocenters. The molecule has 0 bridgehead atoms. The maximum atomic E-state index is 12.0. The minimum absolute atomic E-state index is 0.0130. The van der Waals surface area contributed by atoms with Gasteiger partial charge in [0.2, 0.25) is 0 Å². The fourth-order valence-electron chi connectivity index (χ4n) is 3.80. The highest BCUT2D eigenvalue weighted by Gasteiger charge is 2.17. The highest BCUT2D eigenvalue weighted by atomic mass is 35.5. The summed E-state index contributed by atoms with van der Waals surface area (Å²) in [6.45, 7) is 4.56. The number of aromatic hydroxyl groups is 2. The first-order valence-corrected chi connectivity index (χ1v) is 15.2. The standard InChI is InChI=1S/2C13H8Cl2N2O4.C4H10N2/c2*14-7-1-4-12(18)9(5-7)13(19)16-11-3-2-8(17(20)21)6-10(11)15;1-2-6-4-3-5-1/h2*1-6,18H,(H,16,19);5-6H,1-4H2. The number of hydrogen-bond donors (Lipinski definition) is 6. The number of phenols is 2. The zero-order valence-corrected chi connectivity index (χ0v) is 27.5. The third-order valence-corrected chi connectivity index (χ3v) is 7.28. The van der Waals surface area contributed by atoms with Crippen LogP contribution in [0, 0.1) is 20.2 Å². The lowest BCUT2D eigenvalue weighted by Crippen LogP contribution is -2.39. The van der Waals surface area contributed by atoms with Crippen molar-refractivity contribution in [3.63, 3.8) is 0 Å². The third-order valence-electron chi connectivity index (χ3n) is 6.19. The summed E-state index contributed by atoms with van der Waals surface area (Å²) in [4.78, 5) is 44.1. The molecule has 252 valence electrons. The second-order valence-corrected chi connectivity index (χ2v) is 11.3. The Hall–Kier alpha value is -4.70. The molecule has 48 heavy (non-hydrogen) atoms. The summed E-state index contributed by atoms with van der Waals surface area (Å²) in [5.41, 5.74) is -0.0701. The van der Waals surface area contributed by atoms with Gasteiger partial charge in [0.1, 0.15) is 11.5 Å². The molecule has 1 heterocycles. The average molecular weight is 740 g/mol. The molecule has 2 amide bonds. The summed E-state index contributed by atoms with van der Waals surface area (Å²) in [5.74, 6) is -1.75. The van der Waals surface area contributed by atoms with Gasteiger partial charge in [0.05, 0.1) is 42.4 Å². The fraction of sp³-hybridized carbons (Fsp3) is 0.133. The molecule has 0 radical (unpaired) electrons. The second-order valence-electron chi connectivity index (χ2n) is 9.57. The van der Waals surface area contributed by atoms with Crippen LogP contribution in [-0.2, 0) is 0 Å². The molecule has 4 aromatic carbocycles. The van der Waals surface area contributed by atoms with Gasteiger partial charge >= 0.3 is 0 Å². The molecule has 1 saturated heterocycles. The van der Waals surface area contributed by atoms with Crippen molar-refractivity contribution in [2.45, 2.75) is 0 Å². The van der Waals surface area contributed by atoms with Crippen molar-refractivity contribution in [2.75, 3.05) is 36.8 Å². The number of nitrogens with one attached hydrogen (secondary N) is 4. The lowest BCUT2D eigenvalue weighted by Gasteiger charge is -2.11. The van der Waals surface area contributed by atoms with E-state index in [1.54, 1.807) is 0 Å². The number of anilines is 2. The van der Waals surface area contributed by atoms with Gasteiger partial charge in [-0.15, -0.1) is 0 Å². The highest BCUT2D eigenvalue weighted by Crippen LogP contribution is 2.30. The molecule has 1 aliphatic rings. The summed E-state index contributed by atoms with van der Waals surface area (Å²) >= 11 is 23.3. The van der Waals surface area contributed by atoms with Crippen LogP contribution in [-0.4, -0.2) is 58.1 Å². The van der Waals surface area contributed by atoms with E-state index in [1.807, 2.05) is 0 Å². The van der Waals surface area contributed by atoms with E-state index in [4.69, 9.17) is 46.4 Å². The predicted octanol–water partition coefficient (Wildman–Crippen LogP) is 6.90. The molecule has 1 fully saturated rings. The normalized spacial score (nSPS) is 11.9. The van der Waals surface area contributed by atoms with Gasteiger partial charge in [-0.2, -0.15) is 0 Å². The van der Waals surface area contributed by atoms with Crippen molar-refractivity contribution in [3.05, 3.63) is 124 Å². The number of amides is 2. The number of non-ortho nitro benzene ring substituents is 2. The number of carbonyl (C=O) groups is 2. The summed E-state index contributed by atoms with van der Waals surface area (Å²) in [7, 11) is 0. The molecular weight excluding hydrogens is 714 g/mol. The van der Waals surface area contributed by atoms with E-state index in [9.17, 15) is 40.0 Å². The lowest BCUT2D eigenvalue weighted by atomic mass is 10.2. The Kier molecular flexibility index (Phi) is 14.2. The maximum Gasteiger partial charge on any atom is 0.271 e. The van der Waals surface area contributed by atoms with Crippen LogP contribution in [0.1, 0.15) is 20.7 Å². The summed E-state index contributed by atoms with van der Waals surface area (Å²) in [6.07, 6.45) is 0. The zero-order valence-electron chi connectivity index (χ0n) is 24.5. The summed E-state index contributed by atoms with van der Waals surface area (Å²) in [6, 6.07) is 15.3. The van der Waals surface area contributed by atoms with Crippen molar-refractivity contribution in [3.8, 4) is 11.5 Å². The molecule has 4 aromatic rings. The molecule has 0 aliphatic carbocycles. The average Bonchev–Trinajstić information content (AvgIpc) is 3.06. The van der Waals surface area contributed by atoms with Crippen LogP contribution in [0.2, 0.25) is 20.1 Å². The van der Waals surface area contributed by atoms with Crippen molar-refractivity contribution < 1.29 is 29.6 Å². The molecular formula is C30H26Cl4N6O8. The van der Waals surface area contributed by atoms with E-state index in [2.05, 4.69) is 21.3 Å². The maximum absolute atomic E-state index is 12.0. The topological polar surface area (TPSA) is 209 Å². The Morgan fingerprint density at radius 3 is 1.25 bits per heavy atom. The summed E-state index contributed by atoms with van der Waals surface area (Å²) < 4.78 is 0. The number of piperazine rings is 1. The van der Waals surface area contributed by atoms with E-state index in [-0.39, 0.29) is 65.5 Å². The Labute approximate surface area is 292 Å². The van der Waals surface area contributed by atoms with Crippen LogP contribution < -0.4 is 21.3 Å².